The van der Waals surface area contributed by atoms with Crippen LogP contribution in [0.25, 0.3) is 0 Å². The Morgan fingerprint density at radius 2 is 1.53 bits per heavy atom. The summed E-state index contributed by atoms with van der Waals surface area (Å²) in [6.07, 6.45) is -11.3. The van der Waals surface area contributed by atoms with Crippen LogP contribution in [-0.4, -0.2) is 112 Å². The molecule has 0 saturated carbocycles. The van der Waals surface area contributed by atoms with Crippen LogP contribution < -0.4 is 10.6 Å². The zero-order chi connectivity index (χ0) is 26.4. The van der Waals surface area contributed by atoms with E-state index in [0.29, 0.717) is 0 Å². The first kappa shape index (κ1) is 28.4. The molecule has 10 atom stereocenters. The van der Waals surface area contributed by atoms with Crippen LogP contribution in [0.2, 0.25) is 0 Å². The van der Waals surface area contributed by atoms with Crippen molar-refractivity contribution in [2.45, 2.75) is 81.7 Å². The Morgan fingerprint density at radius 1 is 0.889 bits per heavy atom. The average Bonchev–Trinajstić information content (AvgIpc) is 2.83. The smallest absolute Gasteiger partial charge is 0.217 e. The van der Waals surface area contributed by atoms with Gasteiger partial charge in [-0.15, -0.1) is 0 Å². The molecule has 2 aliphatic heterocycles. The van der Waals surface area contributed by atoms with Crippen molar-refractivity contribution >= 4 is 11.8 Å². The number of hydrogen-bond donors (Lipinski definition) is 7. The topological polar surface area (TPSA) is 196 Å². The third-order valence-electron chi connectivity index (χ3n) is 6.00. The standard InChI is InChI=1S/C23H34N2O11/c1-11(27)24-16-20(31)21(15(34-22(16)32)10-33-9-13-6-4-3-5-7-13)36-23-17(25-12(2)28)19(30)18(29)14(8-26)35-23/h3-7,14-23,26,29-32H,8-10H2,1-2H3,(H,24,27)(H,25,28)/t14-,15-,16-,17-,18+,19-,20-,21+,22+,23+/m1/s1. The molecule has 0 aromatic heterocycles. The minimum atomic E-state index is -1.59. The number of aliphatic hydroxyl groups is 5. The highest BCUT2D eigenvalue weighted by Gasteiger charge is 2.51. The lowest BCUT2D eigenvalue weighted by molar-refractivity contribution is -0.329. The Bertz CT molecular complexity index is 860. The molecule has 2 amide bonds. The highest BCUT2D eigenvalue weighted by atomic mass is 16.7. The van der Waals surface area contributed by atoms with Crippen LogP contribution in [0.15, 0.2) is 30.3 Å². The summed E-state index contributed by atoms with van der Waals surface area (Å²) in [7, 11) is 0. The van der Waals surface area contributed by atoms with Crippen molar-refractivity contribution in [2.24, 2.45) is 0 Å². The molecule has 202 valence electrons. The number of hydrogen-bond acceptors (Lipinski definition) is 11. The molecular formula is C23H34N2O11. The van der Waals surface area contributed by atoms with Gasteiger partial charge in [0, 0.05) is 13.8 Å². The number of aliphatic hydroxyl groups excluding tert-OH is 5. The summed E-state index contributed by atoms with van der Waals surface area (Å²) in [5.74, 6) is -1.09. The number of benzene rings is 1. The Labute approximate surface area is 207 Å². The second-order valence-corrected chi connectivity index (χ2v) is 8.82. The Hall–Kier alpha value is -2.20. The van der Waals surface area contributed by atoms with Gasteiger partial charge in [0.25, 0.3) is 0 Å². The van der Waals surface area contributed by atoms with Gasteiger partial charge in [-0.1, -0.05) is 30.3 Å². The average molecular weight is 515 g/mol. The zero-order valence-electron chi connectivity index (χ0n) is 20.0. The molecule has 1 aromatic carbocycles. The summed E-state index contributed by atoms with van der Waals surface area (Å²) in [4.78, 5) is 23.4. The third-order valence-corrected chi connectivity index (χ3v) is 6.00. The van der Waals surface area contributed by atoms with Gasteiger partial charge in [-0.2, -0.15) is 0 Å². The predicted octanol–water partition coefficient (Wildman–Crippen LogP) is -2.89. The summed E-state index contributed by atoms with van der Waals surface area (Å²) in [6.45, 7) is 1.78. The number of ether oxygens (including phenoxy) is 4. The molecule has 2 aliphatic rings. The van der Waals surface area contributed by atoms with Gasteiger partial charge in [-0.3, -0.25) is 9.59 Å². The van der Waals surface area contributed by atoms with E-state index in [4.69, 9.17) is 18.9 Å². The number of rotatable bonds is 9. The van der Waals surface area contributed by atoms with Crippen LogP contribution in [0.4, 0.5) is 0 Å². The second kappa shape index (κ2) is 12.9. The molecule has 0 unspecified atom stereocenters. The maximum Gasteiger partial charge on any atom is 0.217 e. The van der Waals surface area contributed by atoms with Gasteiger partial charge in [-0.25, -0.2) is 0 Å². The van der Waals surface area contributed by atoms with Gasteiger partial charge in [0.2, 0.25) is 11.8 Å². The van der Waals surface area contributed by atoms with Gasteiger partial charge in [0.15, 0.2) is 12.6 Å². The monoisotopic (exact) mass is 514 g/mol. The van der Waals surface area contributed by atoms with Gasteiger partial charge in [-0.05, 0) is 5.56 Å². The van der Waals surface area contributed by atoms with Crippen LogP contribution in [0.3, 0.4) is 0 Å². The molecule has 2 saturated heterocycles. The van der Waals surface area contributed by atoms with Gasteiger partial charge in [0.1, 0.15) is 48.7 Å². The molecule has 0 spiro atoms. The number of carbonyl (C=O) groups excluding carboxylic acids is 2. The lowest BCUT2D eigenvalue weighted by atomic mass is 9.94. The summed E-state index contributed by atoms with van der Waals surface area (Å²) < 4.78 is 22.9. The number of nitrogens with one attached hydrogen (secondary N) is 2. The molecule has 13 nitrogen and oxygen atoms in total. The molecule has 2 fully saturated rings. The van der Waals surface area contributed by atoms with Crippen molar-refractivity contribution in [1.29, 1.82) is 0 Å². The third kappa shape index (κ3) is 6.97. The fourth-order valence-corrected chi connectivity index (χ4v) is 4.24. The molecule has 36 heavy (non-hydrogen) atoms. The van der Waals surface area contributed by atoms with Crippen molar-refractivity contribution in [3.05, 3.63) is 35.9 Å². The molecule has 13 heteroatoms. The molecule has 0 bridgehead atoms. The van der Waals surface area contributed by atoms with Crippen LogP contribution in [0.1, 0.15) is 19.4 Å². The van der Waals surface area contributed by atoms with E-state index in [2.05, 4.69) is 10.6 Å². The normalized spacial score (nSPS) is 36.8. The first-order chi connectivity index (χ1) is 17.1. The maximum absolute atomic E-state index is 11.7. The van der Waals surface area contributed by atoms with E-state index in [1.165, 1.54) is 13.8 Å². The molecule has 7 N–H and O–H groups in total. The van der Waals surface area contributed by atoms with Crippen molar-refractivity contribution < 1.29 is 54.1 Å². The first-order valence-corrected chi connectivity index (χ1v) is 11.6. The van der Waals surface area contributed by atoms with Crippen LogP contribution >= 0.6 is 0 Å². The van der Waals surface area contributed by atoms with E-state index < -0.39 is 79.7 Å². The Kier molecular flexibility index (Phi) is 10.1. The van der Waals surface area contributed by atoms with Gasteiger partial charge < -0.3 is 55.1 Å². The van der Waals surface area contributed by atoms with E-state index >= 15 is 0 Å². The Morgan fingerprint density at radius 3 is 2.14 bits per heavy atom. The predicted molar refractivity (Wildman–Crippen MR) is 121 cm³/mol. The summed E-state index contributed by atoms with van der Waals surface area (Å²) >= 11 is 0. The van der Waals surface area contributed by atoms with E-state index in [1.54, 1.807) is 0 Å². The highest BCUT2D eigenvalue weighted by Crippen LogP contribution is 2.29. The SMILES string of the molecule is CC(=O)N[C@@H]1[C@@H](O)[C@@H](O[C@@H]2O[C@H](CO)[C@H](O)[C@H](O)[C@H]2NC(C)=O)[C@@H](COCc2ccccc2)O[C@@H]1O. The van der Waals surface area contributed by atoms with Crippen LogP contribution in [-0.2, 0) is 35.1 Å². The van der Waals surface area contributed by atoms with Crippen LogP contribution in [0.5, 0.6) is 0 Å². The van der Waals surface area contributed by atoms with Gasteiger partial charge >= 0.3 is 0 Å². The summed E-state index contributed by atoms with van der Waals surface area (Å²) in [5.41, 5.74) is 0.868. The van der Waals surface area contributed by atoms with E-state index in [-0.39, 0.29) is 13.2 Å². The molecule has 2 heterocycles. The molecule has 0 radical (unpaired) electrons. The Balaban J connectivity index is 1.81. The van der Waals surface area contributed by atoms with E-state index in [9.17, 15) is 35.1 Å². The van der Waals surface area contributed by atoms with Crippen molar-refractivity contribution in [3.63, 3.8) is 0 Å². The van der Waals surface area contributed by atoms with Gasteiger partial charge in [0.05, 0.1) is 19.8 Å². The highest BCUT2D eigenvalue weighted by molar-refractivity contribution is 5.73. The quantitative estimate of drug-likeness (QED) is 0.179. The van der Waals surface area contributed by atoms with Crippen molar-refractivity contribution in [1.82, 2.24) is 10.6 Å². The summed E-state index contributed by atoms with van der Waals surface area (Å²) in [5, 5.41) is 56.6. The fraction of sp³-hybridized carbons (Fsp3) is 0.652. The number of amides is 2. The minimum Gasteiger partial charge on any atom is -0.394 e. The van der Waals surface area contributed by atoms with Crippen LogP contribution in [0, 0.1) is 0 Å². The largest absolute Gasteiger partial charge is 0.394 e. The summed E-state index contributed by atoms with van der Waals surface area (Å²) in [6, 6.07) is 6.69. The molecule has 0 aliphatic carbocycles. The molecule has 3 rings (SSSR count). The fourth-order valence-electron chi connectivity index (χ4n) is 4.24. The zero-order valence-corrected chi connectivity index (χ0v) is 20.0. The number of carbonyl (C=O) groups is 2. The molecular weight excluding hydrogens is 480 g/mol. The van der Waals surface area contributed by atoms with E-state index in [0.717, 1.165) is 5.56 Å². The van der Waals surface area contributed by atoms with Crippen molar-refractivity contribution in [2.75, 3.05) is 13.2 Å². The van der Waals surface area contributed by atoms with Crippen molar-refractivity contribution in [3.8, 4) is 0 Å². The first-order valence-electron chi connectivity index (χ1n) is 11.6. The lowest BCUT2D eigenvalue weighted by Gasteiger charge is -2.47. The second-order valence-electron chi connectivity index (χ2n) is 8.82. The lowest BCUT2D eigenvalue weighted by Crippen LogP contribution is -2.69. The van der Waals surface area contributed by atoms with E-state index in [1.807, 2.05) is 30.3 Å². The maximum atomic E-state index is 11.7. The molecule has 1 aromatic rings. The minimum absolute atomic E-state index is 0.146.